The number of pyridine rings is 2. The van der Waals surface area contributed by atoms with Gasteiger partial charge in [0.1, 0.15) is 37.7 Å². The zero-order chi connectivity index (χ0) is 44.1. The summed E-state index contributed by atoms with van der Waals surface area (Å²) in [5.74, 6) is -1.06. The van der Waals surface area contributed by atoms with Crippen molar-refractivity contribution in [1.82, 2.24) is 20.6 Å². The topological polar surface area (TPSA) is 127 Å². The van der Waals surface area contributed by atoms with Gasteiger partial charge < -0.3 is 15.4 Å². The van der Waals surface area contributed by atoms with Crippen LogP contribution in [0.15, 0.2) is 157 Å². The van der Waals surface area contributed by atoms with E-state index in [2.05, 4.69) is 36.5 Å². The minimum atomic E-state index is -1.16. The number of halogens is 4. The Morgan fingerprint density at radius 2 is 1.16 bits per heavy atom. The number of ketones is 2. The van der Waals surface area contributed by atoms with Crippen molar-refractivity contribution in [2.24, 2.45) is 0 Å². The minimum absolute atomic E-state index is 0.00795. The molecule has 2 fully saturated rings. The molecule has 0 radical (unpaired) electrons. The number of hydrogen-bond acceptors (Lipinski definition) is 11. The second-order valence-electron chi connectivity index (χ2n) is 14.2. The van der Waals surface area contributed by atoms with E-state index in [1.54, 1.807) is 48.5 Å². The standard InChI is InChI=1S/C26H18ClFN2O3S2.C20H14BrClN2O2S2/c27-19-7-1-2-8-21(19)35-24-20(31)14-26(30-25(24)32,16-11-12-34-15-16)22-9-4-10-23(29-22)33-18-6-3-5-17(28)13-18;21-17-7-3-6-16(23-17)20(12-8-9-27-11-12)10-14(25)18(19(26)24-20)28-15-5-2-1-4-13(15)22/h1-13,15,24H,14H2,(H,30,32);1-9,11,18H,10H2,(H,24,26). The zero-order valence-corrected chi connectivity index (χ0v) is 38.9. The number of Topliss-reactive ketones (excluding diaryl/α,β-unsaturated/α-hetero) is 2. The number of hydrogen-bond donors (Lipinski definition) is 2. The van der Waals surface area contributed by atoms with E-state index in [0.29, 0.717) is 41.6 Å². The average molecular weight is 1020 g/mol. The monoisotopic (exact) mass is 1020 g/mol. The highest BCUT2D eigenvalue weighted by Gasteiger charge is 2.50. The Hall–Kier alpha value is -4.87. The number of nitrogens with one attached hydrogen (secondary N) is 2. The average Bonchev–Trinajstić information content (AvgIpc) is 4.02. The molecule has 4 atom stereocenters. The molecular formula is C46H32BrCl2FN4O5S4. The molecular weight excluding hydrogens is 987 g/mol. The first kappa shape index (κ1) is 44.7. The normalized spacial score (nSPS) is 20.9. The predicted molar refractivity (Wildman–Crippen MR) is 251 cm³/mol. The van der Waals surface area contributed by atoms with Crippen LogP contribution in [0, 0.1) is 5.82 Å². The van der Waals surface area contributed by atoms with Crippen molar-refractivity contribution in [3.63, 3.8) is 0 Å². The van der Waals surface area contributed by atoms with E-state index in [4.69, 9.17) is 27.9 Å². The first-order valence-electron chi connectivity index (χ1n) is 19.1. The third-order valence-electron chi connectivity index (χ3n) is 10.1. The molecule has 2 amide bonds. The SMILES string of the molecule is O=C1CC(c2ccsc2)(c2cccc(Br)n2)NC(=O)C1Sc1ccccc1Cl.O=C1CC(c2ccsc2)(c2cccc(Oc3cccc(F)c3)n2)NC(=O)C1Sc1ccccc1Cl. The quantitative estimate of drug-likeness (QED) is 0.102. The molecule has 6 heterocycles. The molecule has 9 nitrogen and oxygen atoms in total. The first-order chi connectivity index (χ1) is 30.4. The molecule has 3 aromatic carbocycles. The number of rotatable bonds is 10. The third kappa shape index (κ3) is 9.80. The van der Waals surface area contributed by atoms with Crippen molar-refractivity contribution in [3.8, 4) is 11.6 Å². The van der Waals surface area contributed by atoms with E-state index in [-0.39, 0.29) is 36.2 Å². The summed E-state index contributed by atoms with van der Waals surface area (Å²) in [4.78, 5) is 63.4. The van der Waals surface area contributed by atoms with Gasteiger partial charge in [-0.05, 0) is 115 Å². The van der Waals surface area contributed by atoms with Crippen molar-refractivity contribution in [3.05, 3.63) is 186 Å². The van der Waals surface area contributed by atoms with Gasteiger partial charge in [0, 0.05) is 34.8 Å². The summed E-state index contributed by atoms with van der Waals surface area (Å²) < 4.78 is 20.0. The lowest BCUT2D eigenvalue weighted by Gasteiger charge is -2.39. The number of thiophene rings is 2. The molecule has 0 bridgehead atoms. The Kier molecular flexibility index (Phi) is 13.8. The van der Waals surface area contributed by atoms with E-state index < -0.39 is 33.3 Å². The molecule has 2 N–H and O–H groups in total. The van der Waals surface area contributed by atoms with Gasteiger partial charge in [0.2, 0.25) is 17.7 Å². The van der Waals surface area contributed by atoms with Gasteiger partial charge in [-0.15, -0.1) is 23.5 Å². The number of carbonyl (C=O) groups excluding carboxylic acids is 4. The number of thioether (sulfide) groups is 2. The zero-order valence-electron chi connectivity index (χ0n) is 32.5. The highest BCUT2D eigenvalue weighted by Crippen LogP contribution is 2.43. The molecule has 63 heavy (non-hydrogen) atoms. The summed E-state index contributed by atoms with van der Waals surface area (Å²) in [6, 6.07) is 34.4. The fourth-order valence-corrected chi connectivity index (χ4v) is 11.5. The summed E-state index contributed by atoms with van der Waals surface area (Å²) >= 11 is 21.1. The van der Waals surface area contributed by atoms with Crippen LogP contribution in [0.3, 0.4) is 0 Å². The maximum atomic E-state index is 13.6. The van der Waals surface area contributed by atoms with Crippen LogP contribution in [0.2, 0.25) is 10.0 Å². The van der Waals surface area contributed by atoms with E-state index in [1.165, 1.54) is 52.6 Å². The number of benzene rings is 3. The van der Waals surface area contributed by atoms with E-state index in [0.717, 1.165) is 22.9 Å². The molecule has 17 heteroatoms. The number of amides is 2. The van der Waals surface area contributed by atoms with Crippen molar-refractivity contribution in [2.45, 2.75) is 44.2 Å². The number of carbonyl (C=O) groups is 4. The maximum Gasteiger partial charge on any atom is 0.242 e. The summed E-state index contributed by atoms with van der Waals surface area (Å²) in [5.41, 5.74) is 0.547. The van der Waals surface area contributed by atoms with Gasteiger partial charge in [0.15, 0.2) is 11.6 Å². The number of nitrogens with zero attached hydrogens (tertiary/aromatic N) is 2. The largest absolute Gasteiger partial charge is 0.439 e. The van der Waals surface area contributed by atoms with Crippen LogP contribution < -0.4 is 15.4 Å². The Balaban J connectivity index is 0.000000177. The molecule has 9 rings (SSSR count). The molecule has 0 aliphatic carbocycles. The fourth-order valence-electron chi connectivity index (χ4n) is 7.19. The highest BCUT2D eigenvalue weighted by atomic mass is 79.9. The molecule has 4 unspecified atom stereocenters. The van der Waals surface area contributed by atoms with Crippen molar-refractivity contribution < 1.29 is 28.3 Å². The van der Waals surface area contributed by atoms with E-state index in [9.17, 15) is 23.6 Å². The highest BCUT2D eigenvalue weighted by molar-refractivity contribution is 9.10. The van der Waals surface area contributed by atoms with Crippen LogP contribution in [-0.2, 0) is 30.3 Å². The van der Waals surface area contributed by atoms with Gasteiger partial charge in [0.25, 0.3) is 0 Å². The van der Waals surface area contributed by atoms with Crippen molar-refractivity contribution in [2.75, 3.05) is 0 Å². The Morgan fingerprint density at radius 3 is 1.63 bits per heavy atom. The summed E-state index contributed by atoms with van der Waals surface area (Å²) in [6.45, 7) is 0. The molecule has 4 aromatic heterocycles. The summed E-state index contributed by atoms with van der Waals surface area (Å²) in [6.07, 6.45) is 0.134. The van der Waals surface area contributed by atoms with E-state index >= 15 is 0 Å². The molecule has 0 saturated carbocycles. The molecule has 2 aliphatic rings. The third-order valence-corrected chi connectivity index (χ3v) is 15.5. The van der Waals surface area contributed by atoms with Crippen molar-refractivity contribution in [1.29, 1.82) is 0 Å². The van der Waals surface area contributed by atoms with Crippen LogP contribution in [-0.4, -0.2) is 43.8 Å². The second kappa shape index (κ2) is 19.5. The Bertz CT molecular complexity index is 2780. The van der Waals surface area contributed by atoms with Crippen LogP contribution in [0.5, 0.6) is 11.6 Å². The molecule has 7 aromatic rings. The van der Waals surface area contributed by atoms with Crippen LogP contribution in [0.25, 0.3) is 0 Å². The second-order valence-corrected chi connectivity index (χ2v) is 19.7. The maximum absolute atomic E-state index is 13.6. The minimum Gasteiger partial charge on any atom is -0.439 e. The molecule has 318 valence electrons. The molecule has 2 aliphatic heterocycles. The Labute approximate surface area is 396 Å². The van der Waals surface area contributed by atoms with Gasteiger partial charge >= 0.3 is 0 Å². The van der Waals surface area contributed by atoms with Crippen LogP contribution in [0.1, 0.15) is 35.4 Å². The Morgan fingerprint density at radius 1 is 0.651 bits per heavy atom. The van der Waals surface area contributed by atoms with Gasteiger partial charge in [0.05, 0.1) is 21.4 Å². The predicted octanol–water partition coefficient (Wildman–Crippen LogP) is 11.3. The number of aromatic nitrogens is 2. The summed E-state index contributed by atoms with van der Waals surface area (Å²) in [5, 5.41) is 13.0. The molecule has 2 saturated heterocycles. The fraction of sp³-hybridized carbons (Fsp3) is 0.130. The van der Waals surface area contributed by atoms with Crippen molar-refractivity contribution >= 4 is 109 Å². The first-order valence-corrected chi connectivity index (χ1v) is 24.2. The van der Waals surface area contributed by atoms with E-state index in [1.807, 2.05) is 76.1 Å². The van der Waals surface area contributed by atoms with Gasteiger partial charge in [-0.3, -0.25) is 19.2 Å². The smallest absolute Gasteiger partial charge is 0.242 e. The lowest BCUT2D eigenvalue weighted by Crippen LogP contribution is -2.58. The number of piperidine rings is 2. The van der Waals surface area contributed by atoms with Crippen LogP contribution in [0.4, 0.5) is 4.39 Å². The van der Waals surface area contributed by atoms with Gasteiger partial charge in [-0.1, -0.05) is 65.7 Å². The van der Waals surface area contributed by atoms with Gasteiger partial charge in [-0.25, -0.2) is 14.4 Å². The molecule has 0 spiro atoms. The number of ether oxygens (including phenoxy) is 1. The van der Waals surface area contributed by atoms with Gasteiger partial charge in [-0.2, -0.15) is 22.7 Å². The summed E-state index contributed by atoms with van der Waals surface area (Å²) in [7, 11) is 0. The lowest BCUT2D eigenvalue weighted by molar-refractivity contribution is -0.134. The lowest BCUT2D eigenvalue weighted by atomic mass is 9.79. The van der Waals surface area contributed by atoms with Crippen LogP contribution >= 0.6 is 85.3 Å².